The lowest BCUT2D eigenvalue weighted by Gasteiger charge is -2.09. The second kappa shape index (κ2) is 6.56. The average molecular weight is 310 g/mol. The van der Waals surface area contributed by atoms with Crippen LogP contribution in [0.15, 0.2) is 41.0 Å². The molecule has 0 aliphatic carbocycles. The summed E-state index contributed by atoms with van der Waals surface area (Å²) in [5.74, 6) is 0.867. The molecule has 1 N–H and O–H groups in total. The Bertz CT molecular complexity index is 498. The molecule has 18 heavy (non-hydrogen) atoms. The zero-order valence-electron chi connectivity index (χ0n) is 10.3. The molecule has 0 unspecified atom stereocenters. The van der Waals surface area contributed by atoms with Gasteiger partial charge in [0, 0.05) is 17.2 Å². The lowest BCUT2D eigenvalue weighted by atomic mass is 10.3. The molecule has 4 nitrogen and oxygen atoms in total. The fraction of sp³-hybridized carbons (Fsp3) is 0.308. The molecular weight excluding hydrogens is 294 g/mol. The summed E-state index contributed by atoms with van der Waals surface area (Å²) in [7, 11) is 1.93. The summed E-state index contributed by atoms with van der Waals surface area (Å²) in [6.07, 6.45) is 1.81. The van der Waals surface area contributed by atoms with Crippen LogP contribution in [-0.4, -0.2) is 23.4 Å². The van der Waals surface area contributed by atoms with Crippen molar-refractivity contribution in [1.29, 1.82) is 0 Å². The van der Waals surface area contributed by atoms with Gasteiger partial charge >= 0.3 is 0 Å². The van der Waals surface area contributed by atoms with E-state index < -0.39 is 0 Å². The molecule has 0 saturated heterocycles. The molecule has 0 bridgehead atoms. The summed E-state index contributed by atoms with van der Waals surface area (Å²) in [4.78, 5) is 0. The largest absolute Gasteiger partial charge is 0.492 e. The van der Waals surface area contributed by atoms with Crippen LogP contribution in [0, 0.1) is 0 Å². The third-order valence-corrected chi connectivity index (χ3v) is 3.02. The van der Waals surface area contributed by atoms with E-state index in [0.717, 1.165) is 29.0 Å². The van der Waals surface area contributed by atoms with Crippen molar-refractivity contribution in [1.82, 2.24) is 15.1 Å². The highest BCUT2D eigenvalue weighted by atomic mass is 79.9. The van der Waals surface area contributed by atoms with E-state index in [1.54, 1.807) is 0 Å². The van der Waals surface area contributed by atoms with Gasteiger partial charge in [-0.3, -0.25) is 4.68 Å². The standard InChI is InChI=1S/C13H16BrN3O/c1-15-10-12-5-6-16-17(12)7-8-18-13-4-2-3-11(14)9-13/h2-6,9,15H,7-8,10H2,1H3. The minimum Gasteiger partial charge on any atom is -0.492 e. The molecule has 96 valence electrons. The molecule has 0 atom stereocenters. The summed E-state index contributed by atoms with van der Waals surface area (Å²) in [6, 6.07) is 9.85. The van der Waals surface area contributed by atoms with Gasteiger partial charge in [0.1, 0.15) is 12.4 Å². The summed E-state index contributed by atoms with van der Waals surface area (Å²) in [5.41, 5.74) is 1.16. The highest BCUT2D eigenvalue weighted by Crippen LogP contribution is 2.17. The lowest BCUT2D eigenvalue weighted by Crippen LogP contribution is -2.15. The third-order valence-electron chi connectivity index (χ3n) is 2.53. The van der Waals surface area contributed by atoms with Crippen LogP contribution in [0.25, 0.3) is 0 Å². The number of halogens is 1. The summed E-state index contributed by atoms with van der Waals surface area (Å²) >= 11 is 3.42. The van der Waals surface area contributed by atoms with Gasteiger partial charge in [-0.15, -0.1) is 0 Å². The van der Waals surface area contributed by atoms with Crippen molar-refractivity contribution in [3.05, 3.63) is 46.7 Å². The van der Waals surface area contributed by atoms with Gasteiger partial charge in [0.05, 0.1) is 12.2 Å². The van der Waals surface area contributed by atoms with Crippen molar-refractivity contribution < 1.29 is 4.74 Å². The second-order valence-corrected chi connectivity index (χ2v) is 4.80. The minimum absolute atomic E-state index is 0.606. The van der Waals surface area contributed by atoms with Crippen LogP contribution in [-0.2, 0) is 13.1 Å². The Balaban J connectivity index is 1.86. The van der Waals surface area contributed by atoms with E-state index in [1.807, 2.05) is 48.3 Å². The van der Waals surface area contributed by atoms with Crippen LogP contribution in [0.3, 0.4) is 0 Å². The Morgan fingerprint density at radius 2 is 2.28 bits per heavy atom. The Kier molecular flexibility index (Phi) is 4.78. The SMILES string of the molecule is CNCc1ccnn1CCOc1cccc(Br)c1. The maximum atomic E-state index is 5.68. The fourth-order valence-electron chi connectivity index (χ4n) is 1.70. The van der Waals surface area contributed by atoms with Gasteiger partial charge in [0.2, 0.25) is 0 Å². The average Bonchev–Trinajstić information content (AvgIpc) is 2.78. The monoisotopic (exact) mass is 309 g/mol. The molecule has 0 aliphatic heterocycles. The lowest BCUT2D eigenvalue weighted by molar-refractivity contribution is 0.288. The minimum atomic E-state index is 0.606. The Morgan fingerprint density at radius 3 is 3.06 bits per heavy atom. The molecule has 5 heteroatoms. The van der Waals surface area contributed by atoms with Crippen molar-refractivity contribution in [2.45, 2.75) is 13.1 Å². The first-order valence-corrected chi connectivity index (χ1v) is 6.62. The summed E-state index contributed by atoms with van der Waals surface area (Å²) in [6.45, 7) is 2.17. The number of aromatic nitrogens is 2. The Morgan fingerprint density at radius 1 is 1.39 bits per heavy atom. The first-order chi connectivity index (χ1) is 8.79. The normalized spacial score (nSPS) is 10.6. The molecule has 2 aromatic rings. The van der Waals surface area contributed by atoms with Gasteiger partial charge < -0.3 is 10.1 Å². The molecule has 1 aromatic heterocycles. The van der Waals surface area contributed by atoms with Crippen LogP contribution in [0.1, 0.15) is 5.69 Å². The molecule has 1 aromatic carbocycles. The predicted molar refractivity (Wildman–Crippen MR) is 74.6 cm³/mol. The number of nitrogens with one attached hydrogen (secondary N) is 1. The van der Waals surface area contributed by atoms with Crippen LogP contribution < -0.4 is 10.1 Å². The molecule has 0 aliphatic rings. The van der Waals surface area contributed by atoms with Crippen molar-refractivity contribution in [2.24, 2.45) is 0 Å². The van der Waals surface area contributed by atoms with E-state index in [4.69, 9.17) is 4.74 Å². The zero-order chi connectivity index (χ0) is 12.8. The highest BCUT2D eigenvalue weighted by Gasteiger charge is 2.01. The molecule has 0 spiro atoms. The Labute approximate surface area is 115 Å². The second-order valence-electron chi connectivity index (χ2n) is 3.88. The first kappa shape index (κ1) is 13.1. The number of hydrogen-bond acceptors (Lipinski definition) is 3. The highest BCUT2D eigenvalue weighted by molar-refractivity contribution is 9.10. The van der Waals surface area contributed by atoms with Gasteiger partial charge in [-0.2, -0.15) is 5.10 Å². The van der Waals surface area contributed by atoms with Gasteiger partial charge in [-0.05, 0) is 31.3 Å². The molecule has 1 heterocycles. The topological polar surface area (TPSA) is 39.1 Å². The van der Waals surface area contributed by atoms with Crippen LogP contribution >= 0.6 is 15.9 Å². The number of hydrogen-bond donors (Lipinski definition) is 1. The maximum absolute atomic E-state index is 5.68. The number of rotatable bonds is 6. The quantitative estimate of drug-likeness (QED) is 0.891. The van der Waals surface area contributed by atoms with Crippen LogP contribution in [0.2, 0.25) is 0 Å². The van der Waals surface area contributed by atoms with E-state index in [9.17, 15) is 0 Å². The summed E-state index contributed by atoms with van der Waals surface area (Å²) < 4.78 is 8.66. The number of ether oxygens (including phenoxy) is 1. The predicted octanol–water partition coefficient (Wildman–Crippen LogP) is 2.44. The van der Waals surface area contributed by atoms with Gasteiger partial charge in [0.15, 0.2) is 0 Å². The smallest absolute Gasteiger partial charge is 0.120 e. The third kappa shape index (κ3) is 3.58. The van der Waals surface area contributed by atoms with Crippen molar-refractivity contribution >= 4 is 15.9 Å². The number of nitrogens with zero attached hydrogens (tertiary/aromatic N) is 2. The van der Waals surface area contributed by atoms with E-state index in [2.05, 4.69) is 26.3 Å². The fourth-order valence-corrected chi connectivity index (χ4v) is 2.08. The van der Waals surface area contributed by atoms with Crippen LogP contribution in [0.4, 0.5) is 0 Å². The molecule has 0 amide bonds. The van der Waals surface area contributed by atoms with Gasteiger partial charge in [-0.25, -0.2) is 0 Å². The van der Waals surface area contributed by atoms with E-state index in [-0.39, 0.29) is 0 Å². The molecule has 2 rings (SSSR count). The zero-order valence-corrected chi connectivity index (χ0v) is 11.9. The molecule has 0 fully saturated rings. The van der Waals surface area contributed by atoms with Crippen LogP contribution in [0.5, 0.6) is 5.75 Å². The van der Waals surface area contributed by atoms with Gasteiger partial charge in [0.25, 0.3) is 0 Å². The molecule has 0 radical (unpaired) electrons. The summed E-state index contributed by atoms with van der Waals surface area (Å²) in [5, 5.41) is 7.39. The van der Waals surface area contributed by atoms with E-state index in [0.29, 0.717) is 6.61 Å². The van der Waals surface area contributed by atoms with E-state index >= 15 is 0 Å². The Hall–Kier alpha value is -1.33. The van der Waals surface area contributed by atoms with Crippen molar-refractivity contribution in [2.75, 3.05) is 13.7 Å². The van der Waals surface area contributed by atoms with Gasteiger partial charge in [-0.1, -0.05) is 22.0 Å². The van der Waals surface area contributed by atoms with Crippen molar-refractivity contribution in [3.63, 3.8) is 0 Å². The van der Waals surface area contributed by atoms with E-state index in [1.165, 1.54) is 0 Å². The maximum Gasteiger partial charge on any atom is 0.120 e. The molecule has 0 saturated carbocycles. The van der Waals surface area contributed by atoms with Crippen molar-refractivity contribution in [3.8, 4) is 5.75 Å². The first-order valence-electron chi connectivity index (χ1n) is 5.83. The molecular formula is C13H16BrN3O. The number of benzene rings is 1.